The summed E-state index contributed by atoms with van der Waals surface area (Å²) in [6.07, 6.45) is 7.24. The first-order chi connectivity index (χ1) is 14.1. The van der Waals surface area contributed by atoms with Gasteiger partial charge in [-0.15, -0.1) is 10.2 Å². The minimum atomic E-state index is -0.664. The van der Waals surface area contributed by atoms with Crippen molar-refractivity contribution in [2.45, 2.75) is 51.1 Å². The summed E-state index contributed by atoms with van der Waals surface area (Å²) in [4.78, 5) is 30.5. The lowest BCUT2D eigenvalue weighted by molar-refractivity contribution is -0.385. The number of fused-ring (bicyclic) bond motifs is 2. The monoisotopic (exact) mass is 395 g/mol. The number of anilines is 1. The molecule has 1 fully saturated rings. The third-order valence-electron chi connectivity index (χ3n) is 5.84. The van der Waals surface area contributed by atoms with Gasteiger partial charge in [-0.2, -0.15) is 0 Å². The Kier molecular flexibility index (Phi) is 4.26. The SMILES string of the molecule is O=c1c([N+](=O)[O-])c(N2CCCCC2c2nnc3n2CCCC3)nc2ccccn12. The van der Waals surface area contributed by atoms with Crippen molar-refractivity contribution in [2.75, 3.05) is 11.4 Å². The van der Waals surface area contributed by atoms with E-state index >= 15 is 0 Å². The van der Waals surface area contributed by atoms with E-state index in [-0.39, 0.29) is 11.9 Å². The maximum absolute atomic E-state index is 12.9. The summed E-state index contributed by atoms with van der Waals surface area (Å²) in [5, 5.41) is 20.6. The fourth-order valence-corrected chi connectivity index (χ4v) is 4.46. The van der Waals surface area contributed by atoms with Crippen LogP contribution in [0.15, 0.2) is 29.2 Å². The number of pyridine rings is 1. The van der Waals surface area contributed by atoms with Crippen LogP contribution in [0.2, 0.25) is 0 Å². The lowest BCUT2D eigenvalue weighted by Gasteiger charge is -2.36. The Labute approximate surface area is 166 Å². The maximum atomic E-state index is 12.9. The van der Waals surface area contributed by atoms with Crippen molar-refractivity contribution >= 4 is 17.2 Å². The van der Waals surface area contributed by atoms with Crippen LogP contribution in [0.1, 0.15) is 49.8 Å². The lowest BCUT2D eigenvalue weighted by Crippen LogP contribution is -2.38. The number of piperidine rings is 1. The number of nitrogens with zero attached hydrogens (tertiary/aromatic N) is 7. The Balaban J connectivity index is 1.68. The molecule has 29 heavy (non-hydrogen) atoms. The van der Waals surface area contributed by atoms with Gasteiger partial charge in [0.15, 0.2) is 5.82 Å². The number of hydrogen-bond acceptors (Lipinski definition) is 7. The van der Waals surface area contributed by atoms with E-state index < -0.39 is 16.2 Å². The average molecular weight is 395 g/mol. The second-order valence-electron chi connectivity index (χ2n) is 7.56. The zero-order chi connectivity index (χ0) is 20.0. The van der Waals surface area contributed by atoms with Crippen LogP contribution >= 0.6 is 0 Å². The number of rotatable bonds is 3. The van der Waals surface area contributed by atoms with Crippen LogP contribution in [0, 0.1) is 10.1 Å². The molecule has 2 aliphatic rings. The molecule has 10 heteroatoms. The average Bonchev–Trinajstić information content (AvgIpc) is 3.17. The number of aryl methyl sites for hydroxylation is 1. The molecule has 1 saturated heterocycles. The zero-order valence-electron chi connectivity index (χ0n) is 15.9. The highest BCUT2D eigenvalue weighted by Gasteiger charge is 2.36. The Morgan fingerprint density at radius 2 is 1.97 bits per heavy atom. The van der Waals surface area contributed by atoms with Crippen molar-refractivity contribution in [3.63, 3.8) is 0 Å². The molecule has 0 radical (unpaired) electrons. The van der Waals surface area contributed by atoms with Gasteiger partial charge in [0.2, 0.25) is 5.82 Å². The van der Waals surface area contributed by atoms with Crippen molar-refractivity contribution in [1.29, 1.82) is 0 Å². The number of nitro groups is 1. The summed E-state index contributed by atoms with van der Waals surface area (Å²) in [6.45, 7) is 1.45. The Bertz CT molecular complexity index is 1150. The van der Waals surface area contributed by atoms with Crippen molar-refractivity contribution in [3.05, 3.63) is 56.5 Å². The molecule has 0 amide bonds. The van der Waals surface area contributed by atoms with Crippen molar-refractivity contribution in [2.24, 2.45) is 0 Å². The number of aromatic nitrogens is 5. The third-order valence-corrected chi connectivity index (χ3v) is 5.84. The number of hydrogen-bond donors (Lipinski definition) is 0. The molecule has 0 bridgehead atoms. The van der Waals surface area contributed by atoms with Gasteiger partial charge in [-0.1, -0.05) is 6.07 Å². The highest BCUT2D eigenvalue weighted by atomic mass is 16.6. The predicted molar refractivity (Wildman–Crippen MR) is 105 cm³/mol. The summed E-state index contributed by atoms with van der Waals surface area (Å²) in [7, 11) is 0. The Morgan fingerprint density at radius 1 is 1.10 bits per heavy atom. The molecule has 150 valence electrons. The van der Waals surface area contributed by atoms with Crippen molar-refractivity contribution < 1.29 is 4.92 Å². The van der Waals surface area contributed by atoms with Crippen LogP contribution < -0.4 is 10.5 Å². The van der Waals surface area contributed by atoms with Crippen LogP contribution in [-0.2, 0) is 13.0 Å². The van der Waals surface area contributed by atoms with E-state index in [2.05, 4.69) is 19.7 Å². The highest BCUT2D eigenvalue weighted by Crippen LogP contribution is 2.37. The molecule has 2 aliphatic heterocycles. The first-order valence-corrected chi connectivity index (χ1v) is 9.99. The minimum absolute atomic E-state index is 0.129. The van der Waals surface area contributed by atoms with E-state index in [1.54, 1.807) is 18.2 Å². The molecule has 1 unspecified atom stereocenters. The summed E-state index contributed by atoms with van der Waals surface area (Å²) >= 11 is 0. The molecule has 1 atom stereocenters. The summed E-state index contributed by atoms with van der Waals surface area (Å²) in [5.41, 5.74) is -0.757. The van der Waals surface area contributed by atoms with E-state index in [1.165, 1.54) is 10.6 Å². The van der Waals surface area contributed by atoms with Gasteiger partial charge in [0.05, 0.1) is 11.0 Å². The van der Waals surface area contributed by atoms with Gasteiger partial charge < -0.3 is 9.47 Å². The molecule has 0 aliphatic carbocycles. The molecular formula is C19H21N7O3. The molecule has 0 N–H and O–H groups in total. The first kappa shape index (κ1) is 17.8. The van der Waals surface area contributed by atoms with Crippen LogP contribution in [0.4, 0.5) is 11.5 Å². The van der Waals surface area contributed by atoms with E-state index in [0.29, 0.717) is 12.2 Å². The maximum Gasteiger partial charge on any atom is 0.376 e. The van der Waals surface area contributed by atoms with E-state index in [9.17, 15) is 14.9 Å². The molecule has 0 aromatic carbocycles. The minimum Gasteiger partial charge on any atom is -0.340 e. The molecule has 0 saturated carbocycles. The smallest absolute Gasteiger partial charge is 0.340 e. The van der Waals surface area contributed by atoms with E-state index in [1.807, 2.05) is 4.90 Å². The third kappa shape index (κ3) is 2.86. The summed E-state index contributed by atoms with van der Waals surface area (Å²) in [5.74, 6) is 1.92. The summed E-state index contributed by atoms with van der Waals surface area (Å²) < 4.78 is 3.37. The highest BCUT2D eigenvalue weighted by molar-refractivity contribution is 5.62. The van der Waals surface area contributed by atoms with Gasteiger partial charge in [0, 0.05) is 25.7 Å². The van der Waals surface area contributed by atoms with Gasteiger partial charge in [-0.25, -0.2) is 4.98 Å². The lowest BCUT2D eigenvalue weighted by atomic mass is 10.0. The van der Waals surface area contributed by atoms with Crippen LogP contribution in [0.3, 0.4) is 0 Å². The molecule has 5 heterocycles. The van der Waals surface area contributed by atoms with E-state index in [4.69, 9.17) is 0 Å². The van der Waals surface area contributed by atoms with Gasteiger partial charge in [-0.05, 0) is 44.2 Å². The second kappa shape index (κ2) is 6.94. The van der Waals surface area contributed by atoms with Gasteiger partial charge >= 0.3 is 11.2 Å². The molecular weight excluding hydrogens is 374 g/mol. The fourth-order valence-electron chi connectivity index (χ4n) is 4.46. The Hall–Kier alpha value is -3.30. The summed E-state index contributed by atoms with van der Waals surface area (Å²) in [6, 6.07) is 4.93. The largest absolute Gasteiger partial charge is 0.376 e. The van der Waals surface area contributed by atoms with E-state index in [0.717, 1.165) is 56.7 Å². The van der Waals surface area contributed by atoms with Gasteiger partial charge in [0.1, 0.15) is 11.5 Å². The normalized spacial score (nSPS) is 19.3. The molecule has 10 nitrogen and oxygen atoms in total. The van der Waals surface area contributed by atoms with Crippen LogP contribution in [0.5, 0.6) is 0 Å². The van der Waals surface area contributed by atoms with Crippen LogP contribution in [-0.4, -0.2) is 35.6 Å². The van der Waals surface area contributed by atoms with Crippen molar-refractivity contribution in [3.8, 4) is 0 Å². The van der Waals surface area contributed by atoms with Gasteiger partial charge in [0.25, 0.3) is 0 Å². The van der Waals surface area contributed by atoms with Crippen molar-refractivity contribution in [1.82, 2.24) is 24.1 Å². The second-order valence-corrected chi connectivity index (χ2v) is 7.56. The molecule has 3 aromatic rings. The zero-order valence-corrected chi connectivity index (χ0v) is 15.9. The van der Waals surface area contributed by atoms with Crippen LogP contribution in [0.25, 0.3) is 5.65 Å². The predicted octanol–water partition coefficient (Wildman–Crippen LogP) is 2.26. The van der Waals surface area contributed by atoms with Gasteiger partial charge in [-0.3, -0.25) is 19.3 Å². The molecule has 0 spiro atoms. The quantitative estimate of drug-likeness (QED) is 0.494. The fraction of sp³-hybridized carbons (Fsp3) is 0.474. The topological polar surface area (TPSA) is 111 Å². The molecule has 3 aromatic heterocycles. The molecule has 5 rings (SSSR count). The Morgan fingerprint density at radius 3 is 2.83 bits per heavy atom. The first-order valence-electron chi connectivity index (χ1n) is 9.99. The standard InChI is InChI=1S/C19H21N7O3/c27-19-16(26(28)29)18(20-14-8-2-6-12-25(14)19)23-10-4-1-7-13(23)17-22-21-15-9-3-5-11-24(15)17/h2,6,8,12-13H,1,3-5,7,9-11H2.